The van der Waals surface area contributed by atoms with Crippen molar-refractivity contribution in [2.24, 2.45) is 21.7 Å². The highest BCUT2D eigenvalue weighted by Crippen LogP contribution is 2.70. The molecule has 0 unspecified atom stereocenters. The molecule has 0 aromatic heterocycles. The van der Waals surface area contributed by atoms with Crippen molar-refractivity contribution in [2.45, 2.75) is 96.7 Å². The van der Waals surface area contributed by atoms with Gasteiger partial charge in [-0.05, 0) is 21.7 Å². The lowest BCUT2D eigenvalue weighted by molar-refractivity contribution is -0.115. The zero-order chi connectivity index (χ0) is 28.6. The molecule has 1 aliphatic heterocycles. The van der Waals surface area contributed by atoms with Gasteiger partial charge in [-0.25, -0.2) is 0 Å². The van der Waals surface area contributed by atoms with Gasteiger partial charge in [0.25, 0.3) is 0 Å². The summed E-state index contributed by atoms with van der Waals surface area (Å²) in [5, 5.41) is 21.3. The minimum Gasteiger partial charge on any atom is -0.394 e. The van der Waals surface area contributed by atoms with Gasteiger partial charge in [-0.2, -0.15) is 0 Å². The molecule has 206 valence electrons. The second-order valence-corrected chi connectivity index (χ2v) is 18.5. The molecule has 4 nitrogen and oxygen atoms in total. The van der Waals surface area contributed by atoms with Crippen molar-refractivity contribution in [1.82, 2.24) is 0 Å². The van der Waals surface area contributed by atoms with Crippen LogP contribution in [0.15, 0.2) is 46.6 Å². The highest BCUT2D eigenvalue weighted by atomic mass is 32.2. The summed E-state index contributed by atoms with van der Waals surface area (Å²) in [5.41, 5.74) is 1.26. The zero-order valence-corrected chi connectivity index (χ0v) is 26.4. The van der Waals surface area contributed by atoms with E-state index in [1.165, 1.54) is 23.5 Å². The van der Waals surface area contributed by atoms with Crippen LogP contribution in [0.2, 0.25) is 0 Å². The van der Waals surface area contributed by atoms with Crippen LogP contribution in [0.1, 0.15) is 83.1 Å². The third-order valence-electron chi connectivity index (χ3n) is 7.45. The van der Waals surface area contributed by atoms with Gasteiger partial charge in [0.15, 0.2) is 11.6 Å². The number of allylic oxidation sites excluding steroid dienone is 4. The number of Topliss-reactive ketones (excluding diaryl/α,β-unsaturated/α-hetero) is 2. The molecular formula is C31H46O4S2. The molecule has 2 aliphatic carbocycles. The number of rotatable bonds is 2. The lowest BCUT2D eigenvalue weighted by atomic mass is 9.65. The molecule has 2 spiro atoms. The number of hydrogen-bond donors (Lipinski definition) is 2. The Morgan fingerprint density at radius 3 is 0.919 bits per heavy atom. The summed E-state index contributed by atoms with van der Waals surface area (Å²) in [7, 11) is 0. The monoisotopic (exact) mass is 546 g/mol. The van der Waals surface area contributed by atoms with E-state index >= 15 is 0 Å². The van der Waals surface area contributed by atoms with Gasteiger partial charge in [0.1, 0.15) is 4.08 Å². The Morgan fingerprint density at radius 1 is 0.541 bits per heavy atom. The Bertz CT molecular complexity index is 964. The molecule has 1 fully saturated rings. The molecule has 3 rings (SSSR count). The van der Waals surface area contributed by atoms with E-state index in [0.29, 0.717) is 0 Å². The van der Waals surface area contributed by atoms with Gasteiger partial charge >= 0.3 is 0 Å². The minimum absolute atomic E-state index is 0.0452. The lowest BCUT2D eigenvalue weighted by Gasteiger charge is -2.46. The van der Waals surface area contributed by atoms with Crippen LogP contribution in [-0.4, -0.2) is 48.6 Å². The molecular weight excluding hydrogens is 500 g/mol. The number of thioether (sulfide) groups is 2. The summed E-state index contributed by atoms with van der Waals surface area (Å²) in [4.78, 5) is 27.8. The Morgan fingerprint density at radius 2 is 0.757 bits per heavy atom. The molecule has 6 heteroatoms. The molecule has 0 aromatic rings. The fraction of sp³-hybridized carbons (Fsp3) is 0.677. The van der Waals surface area contributed by atoms with E-state index in [4.69, 9.17) is 0 Å². The minimum atomic E-state index is -0.918. The van der Waals surface area contributed by atoms with Crippen LogP contribution in [0.5, 0.6) is 0 Å². The Labute approximate surface area is 232 Å². The first kappa shape index (κ1) is 30.5. The summed E-state index contributed by atoms with van der Waals surface area (Å²) < 4.78 is -2.51. The van der Waals surface area contributed by atoms with Gasteiger partial charge in [-0.15, -0.1) is 23.5 Å². The maximum absolute atomic E-state index is 13.9. The van der Waals surface area contributed by atoms with E-state index in [0.717, 1.165) is 22.3 Å². The van der Waals surface area contributed by atoms with Gasteiger partial charge < -0.3 is 10.2 Å². The maximum atomic E-state index is 13.9. The van der Waals surface area contributed by atoms with Gasteiger partial charge in [0, 0.05) is 22.3 Å². The fourth-order valence-corrected chi connectivity index (χ4v) is 9.26. The van der Waals surface area contributed by atoms with Crippen molar-refractivity contribution >= 4 is 35.1 Å². The number of ketones is 2. The summed E-state index contributed by atoms with van der Waals surface area (Å²) in [6.45, 7) is 24.2. The topological polar surface area (TPSA) is 74.6 Å². The standard InChI is InChI=1S/C31H46O4S2/c1-25(2,3)19-13-29(14-20(23(19)34)26(4,5)6)30(37-31(17-32,18-33)36-29)15-21(27(7,8)9)24(35)22(16-30)28(10,11)12/h13-16,32-33H,17-18H2,1-12H3. The molecule has 1 saturated heterocycles. The third kappa shape index (κ3) is 5.13. The predicted molar refractivity (Wildman–Crippen MR) is 158 cm³/mol. The van der Waals surface area contributed by atoms with Crippen molar-refractivity contribution in [3.05, 3.63) is 46.6 Å². The van der Waals surface area contributed by atoms with E-state index in [1.807, 2.05) is 0 Å². The van der Waals surface area contributed by atoms with Crippen molar-refractivity contribution in [1.29, 1.82) is 0 Å². The van der Waals surface area contributed by atoms with Crippen LogP contribution in [0.25, 0.3) is 0 Å². The first-order chi connectivity index (χ1) is 16.5. The largest absolute Gasteiger partial charge is 0.394 e. The molecule has 0 aromatic carbocycles. The van der Waals surface area contributed by atoms with Crippen molar-refractivity contribution < 1.29 is 19.8 Å². The molecule has 0 atom stereocenters. The van der Waals surface area contributed by atoms with Crippen LogP contribution in [0.3, 0.4) is 0 Å². The average molecular weight is 547 g/mol. The van der Waals surface area contributed by atoms with Crippen LogP contribution in [-0.2, 0) is 9.59 Å². The molecule has 3 aliphatic rings. The van der Waals surface area contributed by atoms with E-state index in [-0.39, 0.29) is 24.8 Å². The molecule has 0 amide bonds. The van der Waals surface area contributed by atoms with Crippen LogP contribution >= 0.6 is 23.5 Å². The lowest BCUT2D eigenvalue weighted by Crippen LogP contribution is -2.48. The highest BCUT2D eigenvalue weighted by molar-refractivity contribution is 8.23. The SMILES string of the molecule is CC(C)(C)C1=CC2(C=C(C(C)(C)C)C1=O)SC(CO)(CO)SC21C=C(C(C)(C)C)C(=O)C(C(C)(C)C)=C1. The van der Waals surface area contributed by atoms with E-state index < -0.39 is 35.2 Å². The molecule has 2 N–H and O–H groups in total. The van der Waals surface area contributed by atoms with Gasteiger partial charge in [-0.1, -0.05) is 107 Å². The Hall–Kier alpha value is -1.08. The van der Waals surface area contributed by atoms with Gasteiger partial charge in [0.05, 0.1) is 22.7 Å². The molecule has 1 heterocycles. The Kier molecular flexibility index (Phi) is 7.39. The summed E-state index contributed by atoms with van der Waals surface area (Å²) in [5.74, 6) is 0.0904. The number of aliphatic hydroxyl groups excluding tert-OH is 2. The normalized spacial score (nSPS) is 23.7. The smallest absolute Gasteiger partial charge is 0.185 e. The first-order valence-corrected chi connectivity index (χ1v) is 14.8. The molecule has 37 heavy (non-hydrogen) atoms. The quantitative estimate of drug-likeness (QED) is 0.402. The number of aliphatic hydroxyl groups is 2. The van der Waals surface area contributed by atoms with Crippen LogP contribution in [0, 0.1) is 21.7 Å². The van der Waals surface area contributed by atoms with E-state index in [2.05, 4.69) is 107 Å². The average Bonchev–Trinajstić information content (AvgIpc) is 2.97. The summed E-state index contributed by atoms with van der Waals surface area (Å²) in [6.07, 6.45) is 8.33. The van der Waals surface area contributed by atoms with Gasteiger partial charge in [0.2, 0.25) is 0 Å². The number of carbonyl (C=O) groups excluding carboxylic acids is 2. The molecule has 0 radical (unpaired) electrons. The molecule has 0 bridgehead atoms. The van der Waals surface area contributed by atoms with Gasteiger partial charge in [-0.3, -0.25) is 9.59 Å². The first-order valence-electron chi connectivity index (χ1n) is 13.1. The van der Waals surface area contributed by atoms with E-state index in [1.54, 1.807) is 0 Å². The Balaban J connectivity index is 2.56. The second kappa shape index (κ2) is 8.97. The number of carbonyl (C=O) groups is 2. The summed E-state index contributed by atoms with van der Waals surface area (Å²) in [6, 6.07) is 0. The summed E-state index contributed by atoms with van der Waals surface area (Å²) >= 11 is 3.03. The van der Waals surface area contributed by atoms with Crippen LogP contribution in [0.4, 0.5) is 0 Å². The number of fused-ring (bicyclic) bond motifs is 1. The molecule has 0 saturated carbocycles. The second-order valence-electron chi connectivity index (χ2n) is 14.9. The van der Waals surface area contributed by atoms with Crippen molar-refractivity contribution in [3.63, 3.8) is 0 Å². The zero-order valence-electron chi connectivity index (χ0n) is 24.8. The van der Waals surface area contributed by atoms with Crippen LogP contribution < -0.4 is 0 Å². The van der Waals surface area contributed by atoms with E-state index in [9.17, 15) is 19.8 Å². The maximum Gasteiger partial charge on any atom is 0.185 e. The predicted octanol–water partition coefficient (Wildman–Crippen LogP) is 6.68. The van der Waals surface area contributed by atoms with Crippen molar-refractivity contribution in [2.75, 3.05) is 13.2 Å². The highest BCUT2D eigenvalue weighted by Gasteiger charge is 2.65. The number of hydrogen-bond acceptors (Lipinski definition) is 6. The fourth-order valence-electron chi connectivity index (χ4n) is 5.27. The van der Waals surface area contributed by atoms with Crippen molar-refractivity contribution in [3.8, 4) is 0 Å². The third-order valence-corrected chi connectivity index (χ3v) is 11.2.